The molecule has 4 atom stereocenters. The fourth-order valence-electron chi connectivity index (χ4n) is 3.39. The highest BCUT2D eigenvalue weighted by atomic mass is 35.5. The van der Waals surface area contributed by atoms with E-state index in [2.05, 4.69) is 12.2 Å². The molecule has 1 aliphatic carbocycles. The van der Waals surface area contributed by atoms with Crippen LogP contribution in [0.3, 0.4) is 0 Å². The van der Waals surface area contributed by atoms with Crippen LogP contribution >= 0.6 is 11.6 Å². The van der Waals surface area contributed by atoms with Crippen LogP contribution in [0.2, 0.25) is 0 Å². The van der Waals surface area contributed by atoms with Gasteiger partial charge in [0.15, 0.2) is 0 Å². The molecule has 0 bridgehead atoms. The van der Waals surface area contributed by atoms with Gasteiger partial charge in [-0.1, -0.05) is 19.8 Å². The number of alkyl halides is 1. The fourth-order valence-corrected chi connectivity index (χ4v) is 3.80. The summed E-state index contributed by atoms with van der Waals surface area (Å²) in [4.78, 5) is 12.2. The molecule has 2 aliphatic rings. The van der Waals surface area contributed by atoms with E-state index in [1.165, 1.54) is 25.7 Å². The summed E-state index contributed by atoms with van der Waals surface area (Å²) < 4.78 is 5.39. The van der Waals surface area contributed by atoms with E-state index in [-0.39, 0.29) is 11.8 Å². The van der Waals surface area contributed by atoms with E-state index >= 15 is 0 Å². The van der Waals surface area contributed by atoms with Crippen LogP contribution in [-0.2, 0) is 9.53 Å². The Bertz CT molecular complexity index is 298. The van der Waals surface area contributed by atoms with Gasteiger partial charge in [0.1, 0.15) is 0 Å². The molecular weight excluding hydrogens is 262 g/mol. The highest BCUT2D eigenvalue weighted by molar-refractivity contribution is 6.18. The zero-order valence-corrected chi connectivity index (χ0v) is 12.6. The molecule has 19 heavy (non-hydrogen) atoms. The standard InChI is InChI=1S/C15H26ClNO2/c1-11-10-19-7-6-14(11)15(18)17-9-13-5-3-2-4-12(13)8-16/h11-14H,2-10H2,1H3,(H,17,18). The van der Waals surface area contributed by atoms with Crippen molar-refractivity contribution in [3.8, 4) is 0 Å². The van der Waals surface area contributed by atoms with Crippen molar-refractivity contribution < 1.29 is 9.53 Å². The quantitative estimate of drug-likeness (QED) is 0.808. The monoisotopic (exact) mass is 287 g/mol. The molecule has 0 aromatic carbocycles. The molecule has 0 spiro atoms. The average molecular weight is 288 g/mol. The van der Waals surface area contributed by atoms with Crippen molar-refractivity contribution in [2.75, 3.05) is 25.6 Å². The molecule has 2 rings (SSSR count). The first kappa shape index (κ1) is 15.1. The summed E-state index contributed by atoms with van der Waals surface area (Å²) in [6, 6.07) is 0. The van der Waals surface area contributed by atoms with Crippen molar-refractivity contribution in [2.45, 2.75) is 39.0 Å². The van der Waals surface area contributed by atoms with Crippen LogP contribution in [0.4, 0.5) is 0 Å². The Morgan fingerprint density at radius 3 is 2.68 bits per heavy atom. The van der Waals surface area contributed by atoms with Crippen LogP contribution in [0.1, 0.15) is 39.0 Å². The van der Waals surface area contributed by atoms with E-state index in [1.807, 2.05) is 0 Å². The maximum absolute atomic E-state index is 12.2. The Morgan fingerprint density at radius 2 is 2.00 bits per heavy atom. The Kier molecular flexibility index (Phi) is 5.96. The normalized spacial score (nSPS) is 35.9. The predicted octanol–water partition coefficient (Wildman–Crippen LogP) is 2.82. The molecule has 1 N–H and O–H groups in total. The SMILES string of the molecule is CC1COCCC1C(=O)NCC1CCCCC1CCl. The van der Waals surface area contributed by atoms with Gasteiger partial charge in [0, 0.05) is 31.6 Å². The Balaban J connectivity index is 1.78. The number of amides is 1. The maximum atomic E-state index is 12.2. The molecule has 0 aromatic heterocycles. The van der Waals surface area contributed by atoms with Gasteiger partial charge in [0.25, 0.3) is 0 Å². The highest BCUT2D eigenvalue weighted by Gasteiger charge is 2.30. The van der Waals surface area contributed by atoms with E-state index in [1.54, 1.807) is 0 Å². The van der Waals surface area contributed by atoms with E-state index in [0.717, 1.165) is 25.5 Å². The first-order chi connectivity index (χ1) is 9.22. The van der Waals surface area contributed by atoms with E-state index in [0.29, 0.717) is 24.4 Å². The predicted molar refractivity (Wildman–Crippen MR) is 77.3 cm³/mol. The second-order valence-corrected chi connectivity index (χ2v) is 6.46. The minimum Gasteiger partial charge on any atom is -0.381 e. The zero-order valence-electron chi connectivity index (χ0n) is 11.9. The molecule has 1 heterocycles. The van der Waals surface area contributed by atoms with Crippen LogP contribution in [0.25, 0.3) is 0 Å². The third kappa shape index (κ3) is 4.09. The second kappa shape index (κ2) is 7.49. The molecule has 4 heteroatoms. The zero-order chi connectivity index (χ0) is 13.7. The van der Waals surface area contributed by atoms with Crippen LogP contribution in [-0.4, -0.2) is 31.5 Å². The summed E-state index contributed by atoms with van der Waals surface area (Å²) in [5, 5.41) is 3.16. The van der Waals surface area contributed by atoms with Gasteiger partial charge in [0.05, 0.1) is 0 Å². The van der Waals surface area contributed by atoms with Gasteiger partial charge in [-0.25, -0.2) is 0 Å². The minimum absolute atomic E-state index is 0.131. The topological polar surface area (TPSA) is 38.3 Å². The lowest BCUT2D eigenvalue weighted by molar-refractivity contribution is -0.130. The summed E-state index contributed by atoms with van der Waals surface area (Å²) in [7, 11) is 0. The molecule has 0 radical (unpaired) electrons. The van der Waals surface area contributed by atoms with Gasteiger partial charge in [-0.2, -0.15) is 0 Å². The molecule has 1 saturated heterocycles. The summed E-state index contributed by atoms with van der Waals surface area (Å²) in [6.07, 6.45) is 5.86. The van der Waals surface area contributed by atoms with Crippen molar-refractivity contribution in [2.24, 2.45) is 23.7 Å². The van der Waals surface area contributed by atoms with Crippen LogP contribution < -0.4 is 5.32 Å². The van der Waals surface area contributed by atoms with Crippen LogP contribution in [0.15, 0.2) is 0 Å². The van der Waals surface area contributed by atoms with Crippen molar-refractivity contribution in [1.29, 1.82) is 0 Å². The first-order valence-corrected chi connectivity index (χ1v) is 8.17. The van der Waals surface area contributed by atoms with Crippen molar-refractivity contribution in [1.82, 2.24) is 5.32 Å². The molecule has 2 fully saturated rings. The second-order valence-electron chi connectivity index (χ2n) is 6.15. The Morgan fingerprint density at radius 1 is 1.26 bits per heavy atom. The highest BCUT2D eigenvalue weighted by Crippen LogP contribution is 2.30. The number of halogens is 1. The lowest BCUT2D eigenvalue weighted by atomic mass is 9.80. The third-order valence-electron chi connectivity index (χ3n) is 4.78. The molecule has 110 valence electrons. The number of hydrogen-bond donors (Lipinski definition) is 1. The number of ether oxygens (including phenoxy) is 1. The fraction of sp³-hybridized carbons (Fsp3) is 0.933. The summed E-state index contributed by atoms with van der Waals surface area (Å²) in [5.41, 5.74) is 0. The van der Waals surface area contributed by atoms with E-state index in [9.17, 15) is 4.79 Å². The van der Waals surface area contributed by atoms with Gasteiger partial charge < -0.3 is 10.1 Å². The smallest absolute Gasteiger partial charge is 0.223 e. The van der Waals surface area contributed by atoms with Gasteiger partial charge in [-0.15, -0.1) is 11.6 Å². The molecular formula is C15H26ClNO2. The molecule has 4 unspecified atom stereocenters. The van der Waals surface area contributed by atoms with Gasteiger partial charge in [0.2, 0.25) is 5.91 Å². The van der Waals surface area contributed by atoms with Crippen molar-refractivity contribution in [3.63, 3.8) is 0 Å². The Labute approximate surface area is 121 Å². The van der Waals surface area contributed by atoms with E-state index in [4.69, 9.17) is 16.3 Å². The molecule has 1 amide bonds. The van der Waals surface area contributed by atoms with Gasteiger partial charge in [-0.3, -0.25) is 4.79 Å². The van der Waals surface area contributed by atoms with Gasteiger partial charge in [-0.05, 0) is 37.0 Å². The molecule has 3 nitrogen and oxygen atoms in total. The maximum Gasteiger partial charge on any atom is 0.223 e. The van der Waals surface area contributed by atoms with Crippen molar-refractivity contribution >= 4 is 17.5 Å². The molecule has 0 aromatic rings. The van der Waals surface area contributed by atoms with Crippen LogP contribution in [0.5, 0.6) is 0 Å². The summed E-state index contributed by atoms with van der Waals surface area (Å²) in [6.45, 7) is 4.34. The molecule has 1 aliphatic heterocycles. The third-order valence-corrected chi connectivity index (χ3v) is 5.18. The number of hydrogen-bond acceptors (Lipinski definition) is 2. The number of rotatable bonds is 4. The van der Waals surface area contributed by atoms with Crippen molar-refractivity contribution in [3.05, 3.63) is 0 Å². The lowest BCUT2D eigenvalue weighted by Gasteiger charge is -2.32. The summed E-state index contributed by atoms with van der Waals surface area (Å²) in [5.74, 6) is 2.58. The van der Waals surface area contributed by atoms with E-state index < -0.39 is 0 Å². The number of nitrogens with one attached hydrogen (secondary N) is 1. The Hall–Kier alpha value is -0.280. The summed E-state index contributed by atoms with van der Waals surface area (Å²) >= 11 is 6.03. The largest absolute Gasteiger partial charge is 0.381 e. The average Bonchev–Trinajstić information content (AvgIpc) is 2.45. The minimum atomic E-state index is 0.131. The number of carbonyl (C=O) groups is 1. The number of carbonyl (C=O) groups excluding carboxylic acids is 1. The molecule has 1 saturated carbocycles. The first-order valence-electron chi connectivity index (χ1n) is 7.63. The lowest BCUT2D eigenvalue weighted by Crippen LogP contribution is -2.42. The van der Waals surface area contributed by atoms with Crippen LogP contribution in [0, 0.1) is 23.7 Å². The van der Waals surface area contributed by atoms with Gasteiger partial charge >= 0.3 is 0 Å².